The lowest BCUT2D eigenvalue weighted by Gasteiger charge is -2.33. The number of rotatable bonds is 5. The van der Waals surface area contributed by atoms with E-state index < -0.39 is 35.8 Å². The number of ether oxygens (including phenoxy) is 1. The molecule has 0 aromatic rings. The third kappa shape index (κ3) is 4.56. The van der Waals surface area contributed by atoms with Gasteiger partial charge in [0.1, 0.15) is 0 Å². The molecule has 0 saturated heterocycles. The number of halogens is 6. The molecule has 0 aromatic carbocycles. The fourth-order valence-corrected chi connectivity index (χ4v) is 1.71. The van der Waals surface area contributed by atoms with Crippen LogP contribution in [0.3, 0.4) is 0 Å². The molecular weight excluding hydrogens is 290 g/mol. The summed E-state index contributed by atoms with van der Waals surface area (Å²) in [6, 6.07) is 0. The molecule has 2 nitrogen and oxygen atoms in total. The summed E-state index contributed by atoms with van der Waals surface area (Å²) in [7, 11) is 0. The molecule has 0 spiro atoms. The molecule has 0 amide bonds. The standard InChI is InChI=1S/C12H18F6O2/c1-5-6-10(4,7(2)3)9(19)20-8(11(13,14)15)12(16,17)18/h7-8H,5-6H2,1-4H3. The minimum absolute atomic E-state index is 0.145. The molecule has 20 heavy (non-hydrogen) atoms. The zero-order valence-electron chi connectivity index (χ0n) is 11.7. The Hall–Kier alpha value is -0.950. The van der Waals surface area contributed by atoms with E-state index in [2.05, 4.69) is 4.74 Å². The Labute approximate surface area is 113 Å². The van der Waals surface area contributed by atoms with Gasteiger partial charge in [-0.1, -0.05) is 27.2 Å². The largest absolute Gasteiger partial charge is 0.442 e. The summed E-state index contributed by atoms with van der Waals surface area (Å²) in [6.07, 6.45) is -14.9. The number of alkyl halides is 6. The van der Waals surface area contributed by atoms with Gasteiger partial charge in [0, 0.05) is 0 Å². The van der Waals surface area contributed by atoms with Crippen molar-refractivity contribution in [1.29, 1.82) is 0 Å². The summed E-state index contributed by atoms with van der Waals surface area (Å²) in [5, 5.41) is 0. The maximum Gasteiger partial charge on any atom is 0.434 e. The van der Waals surface area contributed by atoms with Gasteiger partial charge in [-0.25, -0.2) is 0 Å². The average Bonchev–Trinajstić information content (AvgIpc) is 2.21. The monoisotopic (exact) mass is 308 g/mol. The number of hydrogen-bond donors (Lipinski definition) is 0. The van der Waals surface area contributed by atoms with Crippen LogP contribution in [0.4, 0.5) is 26.3 Å². The van der Waals surface area contributed by atoms with Gasteiger partial charge in [0.15, 0.2) is 0 Å². The molecule has 1 unspecified atom stereocenters. The highest BCUT2D eigenvalue weighted by atomic mass is 19.4. The first-order chi connectivity index (χ1) is 8.76. The van der Waals surface area contributed by atoms with Gasteiger partial charge in [-0.05, 0) is 19.3 Å². The molecule has 0 aliphatic heterocycles. The highest BCUT2D eigenvalue weighted by molar-refractivity contribution is 5.77. The maximum atomic E-state index is 12.4. The second-order valence-electron chi connectivity index (χ2n) is 5.19. The van der Waals surface area contributed by atoms with E-state index in [1.807, 2.05) is 0 Å². The quantitative estimate of drug-likeness (QED) is 0.553. The fourth-order valence-electron chi connectivity index (χ4n) is 1.71. The number of esters is 1. The predicted octanol–water partition coefficient (Wildman–Crippen LogP) is 4.49. The second kappa shape index (κ2) is 6.22. The molecule has 0 heterocycles. The average molecular weight is 308 g/mol. The molecule has 0 aliphatic rings. The van der Waals surface area contributed by atoms with Crippen molar-refractivity contribution in [2.45, 2.75) is 59.0 Å². The third-order valence-corrected chi connectivity index (χ3v) is 3.33. The van der Waals surface area contributed by atoms with Crippen LogP contribution in [0.1, 0.15) is 40.5 Å². The molecule has 0 aromatic heterocycles. The highest BCUT2D eigenvalue weighted by Gasteiger charge is 2.60. The van der Waals surface area contributed by atoms with E-state index >= 15 is 0 Å². The van der Waals surface area contributed by atoms with Crippen LogP contribution in [0.5, 0.6) is 0 Å². The van der Waals surface area contributed by atoms with E-state index in [1.54, 1.807) is 20.8 Å². The van der Waals surface area contributed by atoms with Gasteiger partial charge >= 0.3 is 18.3 Å². The minimum atomic E-state index is -5.68. The van der Waals surface area contributed by atoms with Crippen molar-refractivity contribution in [2.75, 3.05) is 0 Å². The molecule has 0 saturated carbocycles. The molecule has 8 heteroatoms. The summed E-state index contributed by atoms with van der Waals surface area (Å²) in [6.45, 7) is 6.09. The molecule has 0 aliphatic carbocycles. The normalized spacial score (nSPS) is 16.4. The molecule has 0 N–H and O–H groups in total. The Morgan fingerprint density at radius 3 is 1.70 bits per heavy atom. The van der Waals surface area contributed by atoms with Gasteiger partial charge in [0.25, 0.3) is 6.10 Å². The molecule has 1 atom stereocenters. The van der Waals surface area contributed by atoms with E-state index in [0.717, 1.165) is 0 Å². The Kier molecular flexibility index (Phi) is 5.92. The molecule has 0 fully saturated rings. The zero-order chi connectivity index (χ0) is 16.4. The second-order valence-corrected chi connectivity index (χ2v) is 5.19. The van der Waals surface area contributed by atoms with Crippen LogP contribution in [-0.2, 0) is 9.53 Å². The van der Waals surface area contributed by atoms with Crippen LogP contribution in [0, 0.1) is 11.3 Å². The molecule has 120 valence electrons. The Morgan fingerprint density at radius 2 is 1.45 bits per heavy atom. The van der Waals surface area contributed by atoms with Gasteiger partial charge in [-0.15, -0.1) is 0 Å². The van der Waals surface area contributed by atoms with Crippen LogP contribution >= 0.6 is 0 Å². The maximum absolute atomic E-state index is 12.4. The van der Waals surface area contributed by atoms with E-state index in [4.69, 9.17) is 0 Å². The number of carbonyl (C=O) groups excluding carboxylic acids is 1. The summed E-state index contributed by atoms with van der Waals surface area (Å²) in [5.41, 5.74) is -1.39. The Bertz CT molecular complexity index is 320. The third-order valence-electron chi connectivity index (χ3n) is 3.33. The summed E-state index contributed by atoms with van der Waals surface area (Å²) in [4.78, 5) is 11.8. The van der Waals surface area contributed by atoms with Crippen LogP contribution in [0.2, 0.25) is 0 Å². The number of hydrogen-bond acceptors (Lipinski definition) is 2. The molecule has 0 radical (unpaired) electrons. The van der Waals surface area contributed by atoms with Crippen LogP contribution in [0.15, 0.2) is 0 Å². The summed E-state index contributed by atoms with van der Waals surface area (Å²) >= 11 is 0. The smallest absolute Gasteiger partial charge is 0.434 e. The van der Waals surface area contributed by atoms with E-state index in [9.17, 15) is 31.1 Å². The first kappa shape index (κ1) is 19.1. The predicted molar refractivity (Wildman–Crippen MR) is 59.8 cm³/mol. The van der Waals surface area contributed by atoms with E-state index in [1.165, 1.54) is 6.92 Å². The van der Waals surface area contributed by atoms with Crippen molar-refractivity contribution in [3.63, 3.8) is 0 Å². The lowest BCUT2D eigenvalue weighted by molar-refractivity contribution is -0.316. The zero-order valence-corrected chi connectivity index (χ0v) is 11.7. The lowest BCUT2D eigenvalue weighted by Crippen LogP contribution is -2.48. The van der Waals surface area contributed by atoms with Gasteiger partial charge in [-0.3, -0.25) is 4.79 Å². The summed E-state index contributed by atoms with van der Waals surface area (Å²) in [5.74, 6) is -1.92. The van der Waals surface area contributed by atoms with Crippen molar-refractivity contribution in [3.8, 4) is 0 Å². The van der Waals surface area contributed by atoms with Crippen molar-refractivity contribution in [1.82, 2.24) is 0 Å². The van der Waals surface area contributed by atoms with E-state index in [-0.39, 0.29) is 6.42 Å². The SMILES string of the molecule is CCCC(C)(C(=O)OC(C(F)(F)F)C(F)(F)F)C(C)C. The van der Waals surface area contributed by atoms with Gasteiger partial charge in [0.2, 0.25) is 0 Å². The lowest BCUT2D eigenvalue weighted by atomic mass is 9.75. The van der Waals surface area contributed by atoms with Crippen molar-refractivity contribution < 1.29 is 35.9 Å². The number of carbonyl (C=O) groups is 1. The van der Waals surface area contributed by atoms with E-state index in [0.29, 0.717) is 6.42 Å². The Balaban J connectivity index is 5.29. The van der Waals surface area contributed by atoms with Crippen LogP contribution in [-0.4, -0.2) is 24.4 Å². The van der Waals surface area contributed by atoms with Gasteiger partial charge in [-0.2, -0.15) is 26.3 Å². The highest BCUT2D eigenvalue weighted by Crippen LogP contribution is 2.40. The first-order valence-corrected chi connectivity index (χ1v) is 6.11. The van der Waals surface area contributed by atoms with Crippen molar-refractivity contribution in [3.05, 3.63) is 0 Å². The first-order valence-electron chi connectivity index (χ1n) is 6.11. The summed E-state index contributed by atoms with van der Waals surface area (Å²) < 4.78 is 77.9. The minimum Gasteiger partial charge on any atom is -0.442 e. The topological polar surface area (TPSA) is 26.3 Å². The fraction of sp³-hybridized carbons (Fsp3) is 0.917. The van der Waals surface area contributed by atoms with Crippen molar-refractivity contribution in [2.24, 2.45) is 11.3 Å². The van der Waals surface area contributed by atoms with Gasteiger partial charge < -0.3 is 4.74 Å². The Morgan fingerprint density at radius 1 is 1.05 bits per heavy atom. The van der Waals surface area contributed by atoms with Crippen molar-refractivity contribution >= 4 is 5.97 Å². The molecule has 0 bridgehead atoms. The van der Waals surface area contributed by atoms with Gasteiger partial charge in [0.05, 0.1) is 5.41 Å². The molecule has 0 rings (SSSR count). The molecular formula is C12H18F6O2. The van der Waals surface area contributed by atoms with Crippen LogP contribution < -0.4 is 0 Å². The van der Waals surface area contributed by atoms with Crippen LogP contribution in [0.25, 0.3) is 0 Å².